The molecule has 2 aromatic carbocycles. The molecule has 0 bridgehead atoms. The van der Waals surface area contributed by atoms with E-state index in [4.69, 9.17) is 5.73 Å². The SMILES string of the molecule is CN1C(=O)C(c2ccccc2)(c2ccccc2)NC1(N)OC(=O)C(F)(F)F. The third kappa shape index (κ3) is 3.04. The van der Waals surface area contributed by atoms with Crippen LogP contribution in [0.15, 0.2) is 60.7 Å². The van der Waals surface area contributed by atoms with Crippen LogP contribution in [0.3, 0.4) is 0 Å². The van der Waals surface area contributed by atoms with Gasteiger partial charge in [-0.15, -0.1) is 0 Å². The summed E-state index contributed by atoms with van der Waals surface area (Å²) in [7, 11) is 1.16. The Morgan fingerprint density at radius 1 is 1.04 bits per heavy atom. The van der Waals surface area contributed by atoms with Crippen molar-refractivity contribution in [3.8, 4) is 0 Å². The molecule has 142 valence electrons. The van der Waals surface area contributed by atoms with E-state index in [9.17, 15) is 22.8 Å². The average molecular weight is 379 g/mol. The number of alkyl halides is 3. The van der Waals surface area contributed by atoms with E-state index in [1.807, 2.05) is 0 Å². The Morgan fingerprint density at radius 2 is 1.48 bits per heavy atom. The largest absolute Gasteiger partial charge is 0.491 e. The molecule has 3 rings (SSSR count). The maximum atomic E-state index is 13.2. The summed E-state index contributed by atoms with van der Waals surface area (Å²) < 4.78 is 42.5. The van der Waals surface area contributed by atoms with E-state index in [1.54, 1.807) is 60.7 Å². The van der Waals surface area contributed by atoms with Crippen LogP contribution in [-0.2, 0) is 19.9 Å². The molecule has 0 aliphatic carbocycles. The lowest BCUT2D eigenvalue weighted by Gasteiger charge is -2.32. The van der Waals surface area contributed by atoms with Crippen LogP contribution in [0, 0.1) is 0 Å². The van der Waals surface area contributed by atoms with Crippen LogP contribution >= 0.6 is 0 Å². The number of nitrogens with one attached hydrogen (secondary N) is 1. The van der Waals surface area contributed by atoms with E-state index in [1.165, 1.54) is 0 Å². The normalized spacial score (nSPS) is 22.0. The number of nitrogens with two attached hydrogens (primary N) is 1. The number of benzene rings is 2. The Balaban J connectivity index is 2.13. The number of likely N-dealkylation sites (N-methyl/N-ethyl adjacent to an activating group) is 1. The molecular weight excluding hydrogens is 363 g/mol. The van der Waals surface area contributed by atoms with E-state index in [0.717, 1.165) is 11.9 Å². The molecule has 1 unspecified atom stereocenters. The van der Waals surface area contributed by atoms with Gasteiger partial charge in [-0.1, -0.05) is 60.7 Å². The summed E-state index contributed by atoms with van der Waals surface area (Å²) in [6.45, 7) is 0. The highest BCUT2D eigenvalue weighted by Gasteiger charge is 2.61. The second-order valence-corrected chi connectivity index (χ2v) is 6.05. The van der Waals surface area contributed by atoms with Gasteiger partial charge in [0, 0.05) is 7.05 Å². The molecule has 1 aliphatic heterocycles. The number of rotatable bonds is 3. The molecule has 0 saturated carbocycles. The number of carbonyl (C=O) groups is 2. The van der Waals surface area contributed by atoms with Crippen molar-refractivity contribution in [2.24, 2.45) is 5.73 Å². The van der Waals surface area contributed by atoms with Gasteiger partial charge in [0.1, 0.15) is 0 Å². The highest BCUT2D eigenvalue weighted by atomic mass is 19.4. The van der Waals surface area contributed by atoms with Gasteiger partial charge < -0.3 is 4.74 Å². The maximum absolute atomic E-state index is 13.2. The van der Waals surface area contributed by atoms with Crippen LogP contribution in [0.5, 0.6) is 0 Å². The van der Waals surface area contributed by atoms with Crippen molar-refractivity contribution in [2.45, 2.75) is 17.7 Å². The zero-order chi connectivity index (χ0) is 19.9. The number of halogens is 3. The summed E-state index contributed by atoms with van der Waals surface area (Å²) in [5, 5.41) is 2.63. The summed E-state index contributed by atoms with van der Waals surface area (Å²) >= 11 is 0. The van der Waals surface area contributed by atoms with Crippen LogP contribution in [0.2, 0.25) is 0 Å². The standard InChI is InChI=1S/C18H16F3N3O3/c1-24-14(25)16(12-8-4-2-5-9-12,13-10-6-3-7-11-13)23-18(24,22)27-15(26)17(19,20)21/h2-11,23H,22H2,1H3. The van der Waals surface area contributed by atoms with Gasteiger partial charge in [0.2, 0.25) is 0 Å². The van der Waals surface area contributed by atoms with Crippen molar-refractivity contribution < 1.29 is 27.5 Å². The molecule has 1 aliphatic rings. The number of hydrogen-bond donors (Lipinski definition) is 2. The van der Waals surface area contributed by atoms with Crippen LogP contribution in [0.25, 0.3) is 0 Å². The van der Waals surface area contributed by atoms with Crippen molar-refractivity contribution in [2.75, 3.05) is 7.05 Å². The lowest BCUT2D eigenvalue weighted by Crippen LogP contribution is -2.64. The molecule has 1 fully saturated rings. The number of esters is 1. The van der Waals surface area contributed by atoms with Gasteiger partial charge in [-0.05, 0) is 11.1 Å². The monoisotopic (exact) mass is 379 g/mol. The van der Waals surface area contributed by atoms with Crippen LogP contribution in [-0.4, -0.2) is 36.0 Å². The quantitative estimate of drug-likeness (QED) is 0.626. The van der Waals surface area contributed by atoms with E-state index in [-0.39, 0.29) is 0 Å². The fourth-order valence-electron chi connectivity index (χ4n) is 3.04. The molecule has 1 atom stereocenters. The molecule has 6 nitrogen and oxygen atoms in total. The fraction of sp³-hybridized carbons (Fsp3) is 0.222. The zero-order valence-electron chi connectivity index (χ0n) is 14.2. The molecule has 1 amide bonds. The Hall–Kier alpha value is -2.91. The van der Waals surface area contributed by atoms with Crippen molar-refractivity contribution in [1.29, 1.82) is 0 Å². The predicted molar refractivity (Wildman–Crippen MR) is 88.6 cm³/mol. The summed E-state index contributed by atoms with van der Waals surface area (Å²) in [5.74, 6) is -5.67. The van der Waals surface area contributed by atoms with Crippen LogP contribution in [0.1, 0.15) is 11.1 Å². The Morgan fingerprint density at radius 3 is 1.89 bits per heavy atom. The molecule has 0 aromatic heterocycles. The van der Waals surface area contributed by atoms with Gasteiger partial charge in [0.05, 0.1) is 0 Å². The summed E-state index contributed by atoms with van der Waals surface area (Å²) in [6, 6.07) is 16.7. The van der Waals surface area contributed by atoms with Gasteiger partial charge in [0.25, 0.3) is 5.91 Å². The Kier molecular flexibility index (Phi) is 4.44. The van der Waals surface area contributed by atoms with Gasteiger partial charge in [-0.3, -0.25) is 15.4 Å². The highest BCUT2D eigenvalue weighted by Crippen LogP contribution is 2.39. The third-order valence-electron chi connectivity index (χ3n) is 4.38. The summed E-state index contributed by atoms with van der Waals surface area (Å²) in [4.78, 5) is 25.3. The van der Waals surface area contributed by atoms with Crippen LogP contribution in [0.4, 0.5) is 13.2 Å². The molecule has 0 radical (unpaired) electrons. The molecule has 3 N–H and O–H groups in total. The second kappa shape index (κ2) is 6.36. The third-order valence-corrected chi connectivity index (χ3v) is 4.38. The number of ether oxygens (including phenoxy) is 1. The minimum absolute atomic E-state index is 0.434. The van der Waals surface area contributed by atoms with Gasteiger partial charge in [0.15, 0.2) is 5.54 Å². The van der Waals surface area contributed by atoms with Crippen molar-refractivity contribution in [1.82, 2.24) is 10.2 Å². The van der Waals surface area contributed by atoms with E-state index < -0.39 is 29.6 Å². The summed E-state index contributed by atoms with van der Waals surface area (Å²) in [5.41, 5.74) is 5.13. The van der Waals surface area contributed by atoms with Gasteiger partial charge in [-0.25, -0.2) is 10.1 Å². The van der Waals surface area contributed by atoms with Crippen molar-refractivity contribution >= 4 is 11.9 Å². The number of hydrogen-bond acceptors (Lipinski definition) is 5. The van der Waals surface area contributed by atoms with E-state index >= 15 is 0 Å². The summed E-state index contributed by atoms with van der Waals surface area (Å²) in [6.07, 6.45) is -5.26. The molecular formula is C18H16F3N3O3. The zero-order valence-corrected chi connectivity index (χ0v) is 14.2. The Labute approximate surface area is 152 Å². The predicted octanol–water partition coefficient (Wildman–Crippen LogP) is 1.67. The van der Waals surface area contributed by atoms with Crippen molar-refractivity contribution in [3.63, 3.8) is 0 Å². The highest BCUT2D eigenvalue weighted by molar-refractivity contribution is 5.94. The topological polar surface area (TPSA) is 84.7 Å². The first-order chi connectivity index (χ1) is 12.6. The van der Waals surface area contributed by atoms with Crippen molar-refractivity contribution in [3.05, 3.63) is 71.8 Å². The molecule has 1 saturated heterocycles. The first kappa shape index (κ1) is 18.9. The first-order valence-electron chi connectivity index (χ1n) is 7.89. The molecule has 0 spiro atoms. The average Bonchev–Trinajstić information content (AvgIpc) is 2.84. The first-order valence-corrected chi connectivity index (χ1v) is 7.89. The lowest BCUT2D eigenvalue weighted by molar-refractivity contribution is -0.228. The van der Waals surface area contributed by atoms with Crippen LogP contribution < -0.4 is 11.1 Å². The molecule has 1 heterocycles. The maximum Gasteiger partial charge on any atom is 0.491 e. The fourth-order valence-corrected chi connectivity index (χ4v) is 3.04. The van der Waals surface area contributed by atoms with Gasteiger partial charge >= 0.3 is 18.1 Å². The molecule has 9 heteroatoms. The number of carbonyl (C=O) groups excluding carboxylic acids is 2. The Bertz CT molecular complexity index is 819. The lowest BCUT2D eigenvalue weighted by atomic mass is 9.83. The van der Waals surface area contributed by atoms with E-state index in [0.29, 0.717) is 11.1 Å². The second-order valence-electron chi connectivity index (χ2n) is 6.05. The molecule has 2 aromatic rings. The number of amides is 1. The smallest absolute Gasteiger partial charge is 0.404 e. The van der Waals surface area contributed by atoms with E-state index in [2.05, 4.69) is 10.1 Å². The minimum Gasteiger partial charge on any atom is -0.404 e. The minimum atomic E-state index is -5.26. The molecule has 27 heavy (non-hydrogen) atoms. The number of nitrogens with zero attached hydrogens (tertiary/aromatic N) is 1. The van der Waals surface area contributed by atoms with Gasteiger partial charge in [-0.2, -0.15) is 13.2 Å².